The fourth-order valence-corrected chi connectivity index (χ4v) is 3.04. The molecule has 0 fully saturated rings. The van der Waals surface area contributed by atoms with Crippen molar-refractivity contribution >= 4 is 34.3 Å². The first-order chi connectivity index (χ1) is 10.4. The Hall–Kier alpha value is -2.21. The van der Waals surface area contributed by atoms with E-state index in [9.17, 15) is 18.8 Å². The van der Waals surface area contributed by atoms with Crippen LogP contribution in [0.4, 0.5) is 4.39 Å². The van der Waals surface area contributed by atoms with Crippen LogP contribution in [0.25, 0.3) is 10.9 Å². The van der Waals surface area contributed by atoms with Crippen LogP contribution >= 0.6 is 11.6 Å². The van der Waals surface area contributed by atoms with Crippen LogP contribution in [0.5, 0.6) is 0 Å². The fourth-order valence-electron chi connectivity index (χ4n) is 2.79. The molecular formula is C15H11ClFNO4. The maximum atomic E-state index is 14.0. The summed E-state index contributed by atoms with van der Waals surface area (Å²) in [6.45, 7) is 1.77. The van der Waals surface area contributed by atoms with Gasteiger partial charge in [0.1, 0.15) is 11.4 Å². The van der Waals surface area contributed by atoms with Crippen LogP contribution in [0.1, 0.15) is 40.1 Å². The number of hydrogen-bond donors (Lipinski definition) is 0. The molecule has 0 saturated heterocycles. The molecule has 1 aliphatic heterocycles. The number of halogens is 2. The van der Waals surface area contributed by atoms with Gasteiger partial charge in [0.05, 0.1) is 28.6 Å². The zero-order valence-corrected chi connectivity index (χ0v) is 12.5. The minimum Gasteiger partial charge on any atom is -0.465 e. The Morgan fingerprint density at radius 2 is 2.14 bits per heavy atom. The summed E-state index contributed by atoms with van der Waals surface area (Å²) in [7, 11) is 1.16. The summed E-state index contributed by atoms with van der Waals surface area (Å²) in [5.41, 5.74) is -0.642. The van der Waals surface area contributed by atoms with Gasteiger partial charge < -0.3 is 9.30 Å². The molecule has 1 aromatic heterocycles. The zero-order chi connectivity index (χ0) is 16.2. The van der Waals surface area contributed by atoms with Crippen molar-refractivity contribution in [2.45, 2.75) is 19.4 Å². The van der Waals surface area contributed by atoms with Crippen LogP contribution in [-0.4, -0.2) is 23.4 Å². The average Bonchev–Trinajstić information content (AvgIpc) is 2.48. The number of carbonyl (C=O) groups excluding carboxylic acids is 2. The second-order valence-electron chi connectivity index (χ2n) is 5.19. The van der Waals surface area contributed by atoms with Crippen molar-refractivity contribution < 1.29 is 18.7 Å². The summed E-state index contributed by atoms with van der Waals surface area (Å²) in [5, 5.41) is -0.358. The van der Waals surface area contributed by atoms with Crippen molar-refractivity contribution in [3.63, 3.8) is 0 Å². The van der Waals surface area contributed by atoms with Crippen molar-refractivity contribution in [3.05, 3.63) is 44.5 Å². The summed E-state index contributed by atoms with van der Waals surface area (Å²) in [4.78, 5) is 36.3. The highest BCUT2D eigenvalue weighted by Gasteiger charge is 2.30. The van der Waals surface area contributed by atoms with Crippen LogP contribution in [0.2, 0.25) is 5.02 Å². The molecule has 1 atom stereocenters. The minimum atomic E-state index is -0.863. The van der Waals surface area contributed by atoms with Crippen LogP contribution in [0, 0.1) is 5.82 Å². The second-order valence-corrected chi connectivity index (χ2v) is 5.57. The Bertz CT molecular complexity index is 903. The molecule has 1 aromatic carbocycles. The number of hydrogen-bond acceptors (Lipinski definition) is 4. The highest BCUT2D eigenvalue weighted by Crippen LogP contribution is 2.35. The normalized spacial score (nSPS) is 16.9. The van der Waals surface area contributed by atoms with E-state index in [1.165, 1.54) is 6.20 Å². The number of rotatable bonds is 1. The third-order valence-corrected chi connectivity index (χ3v) is 4.22. The van der Waals surface area contributed by atoms with Gasteiger partial charge in [-0.25, -0.2) is 9.18 Å². The van der Waals surface area contributed by atoms with Crippen molar-refractivity contribution in [2.24, 2.45) is 0 Å². The smallest absolute Gasteiger partial charge is 0.343 e. The van der Waals surface area contributed by atoms with Crippen molar-refractivity contribution in [3.8, 4) is 0 Å². The highest BCUT2D eigenvalue weighted by molar-refractivity contribution is 6.36. The predicted octanol–water partition coefficient (Wildman–Crippen LogP) is 2.73. The molecule has 0 aliphatic carbocycles. The summed E-state index contributed by atoms with van der Waals surface area (Å²) in [6, 6.07) is 0.672. The van der Waals surface area contributed by atoms with Crippen molar-refractivity contribution in [1.29, 1.82) is 0 Å². The predicted molar refractivity (Wildman–Crippen MR) is 78.2 cm³/mol. The number of aromatic nitrogens is 1. The summed E-state index contributed by atoms with van der Waals surface area (Å²) >= 11 is 5.90. The molecule has 0 amide bonds. The van der Waals surface area contributed by atoms with Crippen LogP contribution in [0.3, 0.4) is 0 Å². The molecule has 0 radical (unpaired) electrons. The van der Waals surface area contributed by atoms with E-state index in [0.29, 0.717) is 0 Å². The Kier molecular flexibility index (Phi) is 3.29. The first-order valence-corrected chi connectivity index (χ1v) is 6.93. The van der Waals surface area contributed by atoms with E-state index in [4.69, 9.17) is 11.6 Å². The third-order valence-electron chi connectivity index (χ3n) is 3.85. The van der Waals surface area contributed by atoms with Gasteiger partial charge in [0.15, 0.2) is 5.78 Å². The first-order valence-electron chi connectivity index (χ1n) is 6.55. The van der Waals surface area contributed by atoms with E-state index in [-0.39, 0.29) is 45.3 Å². The summed E-state index contributed by atoms with van der Waals surface area (Å²) < 4.78 is 20.2. The second kappa shape index (κ2) is 4.91. The number of pyridine rings is 1. The molecule has 7 heteroatoms. The largest absolute Gasteiger partial charge is 0.465 e. The average molecular weight is 324 g/mol. The Morgan fingerprint density at radius 1 is 1.45 bits per heavy atom. The van der Waals surface area contributed by atoms with E-state index >= 15 is 0 Å². The molecule has 0 spiro atoms. The summed E-state index contributed by atoms with van der Waals surface area (Å²) in [6.07, 6.45) is 1.44. The van der Waals surface area contributed by atoms with Crippen molar-refractivity contribution in [2.75, 3.05) is 7.11 Å². The third kappa shape index (κ3) is 1.87. The van der Waals surface area contributed by atoms with E-state index in [1.54, 1.807) is 11.5 Å². The van der Waals surface area contributed by atoms with Crippen molar-refractivity contribution in [1.82, 2.24) is 4.57 Å². The van der Waals surface area contributed by atoms with Gasteiger partial charge in [0, 0.05) is 18.7 Å². The number of ether oxygens (including phenoxy) is 1. The highest BCUT2D eigenvalue weighted by atomic mass is 35.5. The lowest BCUT2D eigenvalue weighted by atomic mass is 9.94. The van der Waals surface area contributed by atoms with Crippen LogP contribution in [0.15, 0.2) is 17.1 Å². The van der Waals surface area contributed by atoms with Gasteiger partial charge in [-0.05, 0) is 13.0 Å². The molecule has 2 heterocycles. The monoisotopic (exact) mass is 323 g/mol. The van der Waals surface area contributed by atoms with Gasteiger partial charge in [-0.3, -0.25) is 9.59 Å². The van der Waals surface area contributed by atoms with Gasteiger partial charge in [-0.2, -0.15) is 0 Å². The maximum absolute atomic E-state index is 14.0. The molecule has 0 bridgehead atoms. The molecule has 0 N–H and O–H groups in total. The van der Waals surface area contributed by atoms with E-state index in [2.05, 4.69) is 4.74 Å². The van der Waals surface area contributed by atoms with Gasteiger partial charge in [-0.15, -0.1) is 0 Å². The number of methoxy groups -OCH3 is 1. The van der Waals surface area contributed by atoms with E-state index < -0.39 is 17.2 Å². The molecule has 1 unspecified atom stereocenters. The quantitative estimate of drug-likeness (QED) is 0.757. The SMILES string of the molecule is COC(=O)c1cn2c3c(c(Cl)c(F)cc3c1=O)C(=O)CC2C. The molecule has 2 aromatic rings. The molecular weight excluding hydrogens is 313 g/mol. The van der Waals surface area contributed by atoms with Gasteiger partial charge in [-0.1, -0.05) is 11.6 Å². The van der Waals surface area contributed by atoms with Gasteiger partial charge >= 0.3 is 5.97 Å². The molecule has 3 rings (SSSR count). The molecule has 1 aliphatic rings. The maximum Gasteiger partial charge on any atom is 0.343 e. The fraction of sp³-hybridized carbons (Fsp3) is 0.267. The minimum absolute atomic E-state index is 0.0108. The molecule has 22 heavy (non-hydrogen) atoms. The first kappa shape index (κ1) is 14.7. The Morgan fingerprint density at radius 3 is 2.77 bits per heavy atom. The lowest BCUT2D eigenvalue weighted by Gasteiger charge is -2.26. The van der Waals surface area contributed by atoms with E-state index in [1.807, 2.05) is 0 Å². The Balaban J connectivity index is 2.56. The summed E-state index contributed by atoms with van der Waals surface area (Å²) in [5.74, 6) is -2.00. The van der Waals surface area contributed by atoms with Crippen LogP contribution < -0.4 is 5.43 Å². The number of esters is 1. The standard InChI is InChI=1S/C15H11ClFNO4/c1-6-3-10(19)11-12(16)9(17)4-7-13(11)18(6)5-8(14(7)20)15(21)22-2/h4-6H,3H2,1-2H3. The number of ketones is 1. The lowest BCUT2D eigenvalue weighted by Crippen LogP contribution is -2.27. The topological polar surface area (TPSA) is 65.4 Å². The molecule has 0 saturated carbocycles. The zero-order valence-electron chi connectivity index (χ0n) is 11.8. The van der Waals surface area contributed by atoms with Gasteiger partial charge in [0.25, 0.3) is 0 Å². The Labute approximate surface area is 129 Å². The number of Topliss-reactive ketones (excluding diaryl/α,β-unsaturated/α-hetero) is 1. The lowest BCUT2D eigenvalue weighted by molar-refractivity contribution is 0.0598. The van der Waals surface area contributed by atoms with E-state index in [0.717, 1.165) is 13.2 Å². The number of carbonyl (C=O) groups is 2. The molecule has 114 valence electrons. The van der Waals surface area contributed by atoms with Gasteiger partial charge in [0.2, 0.25) is 5.43 Å². The molecule has 5 nitrogen and oxygen atoms in total. The number of benzene rings is 1. The number of nitrogens with zero attached hydrogens (tertiary/aromatic N) is 1. The van der Waals surface area contributed by atoms with Crippen LogP contribution in [-0.2, 0) is 4.74 Å².